The first-order chi connectivity index (χ1) is 15.2. The predicted octanol–water partition coefficient (Wildman–Crippen LogP) is 3.56. The number of hydrogen-bond acceptors (Lipinski definition) is 6. The van der Waals surface area contributed by atoms with Gasteiger partial charge in [-0.2, -0.15) is 0 Å². The minimum Gasteiger partial charge on any atom is -0.465 e. The number of anilines is 1. The topological polar surface area (TPSA) is 69.5 Å². The van der Waals surface area contributed by atoms with Crippen LogP contribution in [-0.4, -0.2) is 53.9 Å². The van der Waals surface area contributed by atoms with Crippen LogP contribution < -0.4 is 4.90 Å². The molecule has 3 heterocycles. The highest BCUT2D eigenvalue weighted by Gasteiger charge is 2.21. The molecule has 1 saturated heterocycles. The van der Waals surface area contributed by atoms with E-state index in [1.54, 1.807) is 6.20 Å². The summed E-state index contributed by atoms with van der Waals surface area (Å²) < 4.78 is 12.7. The van der Waals surface area contributed by atoms with Gasteiger partial charge in [0, 0.05) is 36.9 Å². The van der Waals surface area contributed by atoms with E-state index in [0.717, 1.165) is 46.6 Å². The SMILES string of the molecule is COC(=O)c1cc(N2CCOCC2)cc2c1nc(C)n2Cc1cccc2ncccc12. The summed E-state index contributed by atoms with van der Waals surface area (Å²) in [5.41, 5.74) is 5.18. The lowest BCUT2D eigenvalue weighted by Gasteiger charge is -2.29. The van der Waals surface area contributed by atoms with Gasteiger partial charge in [-0.25, -0.2) is 9.78 Å². The number of pyridine rings is 1. The van der Waals surface area contributed by atoms with E-state index >= 15 is 0 Å². The zero-order chi connectivity index (χ0) is 21.4. The van der Waals surface area contributed by atoms with Crippen LogP contribution in [0.25, 0.3) is 21.9 Å². The number of imidazole rings is 1. The monoisotopic (exact) mass is 416 g/mol. The second-order valence-electron chi connectivity index (χ2n) is 7.68. The molecule has 0 saturated carbocycles. The van der Waals surface area contributed by atoms with Gasteiger partial charge >= 0.3 is 5.97 Å². The number of aromatic nitrogens is 3. The molecule has 1 aliphatic heterocycles. The Hall–Kier alpha value is -3.45. The van der Waals surface area contributed by atoms with E-state index in [-0.39, 0.29) is 5.97 Å². The molecule has 0 radical (unpaired) electrons. The van der Waals surface area contributed by atoms with E-state index in [1.165, 1.54) is 7.11 Å². The summed E-state index contributed by atoms with van der Waals surface area (Å²) in [5, 5.41) is 1.11. The molecule has 158 valence electrons. The van der Waals surface area contributed by atoms with Gasteiger partial charge in [-0.15, -0.1) is 0 Å². The first-order valence-electron chi connectivity index (χ1n) is 10.4. The van der Waals surface area contributed by atoms with Crippen molar-refractivity contribution in [2.75, 3.05) is 38.3 Å². The number of hydrogen-bond donors (Lipinski definition) is 0. The first kappa shape index (κ1) is 19.5. The number of ether oxygens (including phenoxy) is 2. The molecule has 0 atom stereocenters. The van der Waals surface area contributed by atoms with Crippen molar-refractivity contribution in [3.8, 4) is 0 Å². The van der Waals surface area contributed by atoms with Gasteiger partial charge in [0.2, 0.25) is 0 Å². The van der Waals surface area contributed by atoms with E-state index in [2.05, 4.69) is 32.7 Å². The minimum absolute atomic E-state index is 0.376. The number of carbonyl (C=O) groups is 1. The van der Waals surface area contributed by atoms with Crippen molar-refractivity contribution in [3.63, 3.8) is 0 Å². The van der Waals surface area contributed by atoms with Gasteiger partial charge in [0.15, 0.2) is 0 Å². The molecule has 7 nitrogen and oxygen atoms in total. The molecule has 1 aliphatic rings. The quantitative estimate of drug-likeness (QED) is 0.474. The number of rotatable bonds is 4. The zero-order valence-electron chi connectivity index (χ0n) is 17.7. The summed E-state index contributed by atoms with van der Waals surface area (Å²) in [6, 6.07) is 14.2. The fourth-order valence-electron chi connectivity index (χ4n) is 4.27. The Balaban J connectivity index is 1.67. The number of methoxy groups -OCH3 is 1. The third-order valence-corrected chi connectivity index (χ3v) is 5.88. The van der Waals surface area contributed by atoms with Gasteiger partial charge in [-0.1, -0.05) is 18.2 Å². The molecule has 5 rings (SSSR count). The molecule has 0 N–H and O–H groups in total. The maximum absolute atomic E-state index is 12.6. The third kappa shape index (κ3) is 3.51. The van der Waals surface area contributed by atoms with Crippen LogP contribution in [0.5, 0.6) is 0 Å². The third-order valence-electron chi connectivity index (χ3n) is 5.88. The van der Waals surface area contributed by atoms with Crippen molar-refractivity contribution in [1.29, 1.82) is 0 Å². The Labute approximate surface area is 180 Å². The highest BCUT2D eigenvalue weighted by Crippen LogP contribution is 2.30. The summed E-state index contributed by atoms with van der Waals surface area (Å²) in [4.78, 5) is 24.1. The number of fused-ring (bicyclic) bond motifs is 2. The van der Waals surface area contributed by atoms with Gasteiger partial charge in [0.05, 0.1) is 36.9 Å². The van der Waals surface area contributed by atoms with E-state index in [9.17, 15) is 4.79 Å². The maximum atomic E-state index is 12.6. The lowest BCUT2D eigenvalue weighted by Crippen LogP contribution is -2.36. The number of carbonyl (C=O) groups excluding carboxylic acids is 1. The number of benzene rings is 2. The molecule has 1 fully saturated rings. The maximum Gasteiger partial charge on any atom is 0.340 e. The molecular formula is C24H24N4O3. The Morgan fingerprint density at radius 1 is 1.16 bits per heavy atom. The molecule has 0 amide bonds. The van der Waals surface area contributed by atoms with Crippen LogP contribution in [0, 0.1) is 6.92 Å². The lowest BCUT2D eigenvalue weighted by molar-refractivity contribution is 0.0603. The molecule has 31 heavy (non-hydrogen) atoms. The zero-order valence-corrected chi connectivity index (χ0v) is 17.7. The van der Waals surface area contributed by atoms with Gasteiger partial charge in [-0.05, 0) is 36.8 Å². The van der Waals surface area contributed by atoms with Gasteiger partial charge in [0.25, 0.3) is 0 Å². The second kappa shape index (κ2) is 8.00. The molecule has 0 bridgehead atoms. The van der Waals surface area contributed by atoms with Crippen LogP contribution in [0.1, 0.15) is 21.7 Å². The van der Waals surface area contributed by atoms with Crippen molar-refractivity contribution >= 4 is 33.6 Å². The van der Waals surface area contributed by atoms with E-state index < -0.39 is 0 Å². The van der Waals surface area contributed by atoms with Crippen LogP contribution >= 0.6 is 0 Å². The largest absolute Gasteiger partial charge is 0.465 e. The highest BCUT2D eigenvalue weighted by molar-refractivity contribution is 6.04. The highest BCUT2D eigenvalue weighted by atomic mass is 16.5. The first-order valence-corrected chi connectivity index (χ1v) is 10.4. The number of nitrogens with zero attached hydrogens (tertiary/aromatic N) is 4. The molecule has 4 aromatic rings. The average molecular weight is 416 g/mol. The fraction of sp³-hybridized carbons (Fsp3) is 0.292. The number of aryl methyl sites for hydroxylation is 1. The van der Waals surface area contributed by atoms with Crippen molar-refractivity contribution in [2.24, 2.45) is 0 Å². The number of morpholine rings is 1. The van der Waals surface area contributed by atoms with E-state index in [1.807, 2.05) is 31.2 Å². The Morgan fingerprint density at radius 3 is 2.81 bits per heavy atom. The molecule has 2 aromatic heterocycles. The summed E-state index contributed by atoms with van der Waals surface area (Å²) in [5.74, 6) is 0.472. The van der Waals surface area contributed by atoms with Crippen LogP contribution in [0.4, 0.5) is 5.69 Å². The van der Waals surface area contributed by atoms with Gasteiger partial charge in [0.1, 0.15) is 11.3 Å². The van der Waals surface area contributed by atoms with Crippen molar-refractivity contribution < 1.29 is 14.3 Å². The Kier molecular flexibility index (Phi) is 5.03. The molecule has 0 unspecified atom stereocenters. The fourth-order valence-corrected chi connectivity index (χ4v) is 4.27. The summed E-state index contributed by atoms with van der Waals surface area (Å²) in [7, 11) is 1.41. The lowest BCUT2D eigenvalue weighted by atomic mass is 10.1. The minimum atomic E-state index is -0.376. The van der Waals surface area contributed by atoms with Crippen molar-refractivity contribution in [3.05, 3.63) is 65.6 Å². The summed E-state index contributed by atoms with van der Waals surface area (Å²) >= 11 is 0. The van der Waals surface area contributed by atoms with Crippen molar-refractivity contribution in [1.82, 2.24) is 14.5 Å². The molecule has 0 spiro atoms. The molecular weight excluding hydrogens is 392 g/mol. The van der Waals surface area contributed by atoms with Crippen molar-refractivity contribution in [2.45, 2.75) is 13.5 Å². The van der Waals surface area contributed by atoms with Crippen LogP contribution in [-0.2, 0) is 16.0 Å². The smallest absolute Gasteiger partial charge is 0.340 e. The molecule has 7 heteroatoms. The predicted molar refractivity (Wildman–Crippen MR) is 120 cm³/mol. The second-order valence-corrected chi connectivity index (χ2v) is 7.68. The average Bonchev–Trinajstić information content (AvgIpc) is 3.13. The van der Waals surface area contributed by atoms with E-state index in [0.29, 0.717) is 30.8 Å². The molecule has 2 aromatic carbocycles. The molecule has 0 aliphatic carbocycles. The standard InChI is InChI=1S/C24H24N4O3/c1-16-26-23-20(24(29)30-2)13-18(27-9-11-31-12-10-27)14-22(23)28(16)15-17-5-3-7-21-19(17)6-4-8-25-21/h3-8,13-14H,9-12,15H2,1-2H3. The number of esters is 1. The van der Waals surface area contributed by atoms with Gasteiger partial charge in [-0.3, -0.25) is 4.98 Å². The summed E-state index contributed by atoms with van der Waals surface area (Å²) in [6.07, 6.45) is 1.81. The summed E-state index contributed by atoms with van der Waals surface area (Å²) in [6.45, 7) is 5.53. The Bertz CT molecular complexity index is 1270. The normalized spacial score (nSPS) is 14.3. The Morgan fingerprint density at radius 2 is 2.00 bits per heavy atom. The van der Waals surface area contributed by atoms with Gasteiger partial charge < -0.3 is 18.9 Å². The van der Waals surface area contributed by atoms with Crippen LogP contribution in [0.2, 0.25) is 0 Å². The van der Waals surface area contributed by atoms with E-state index in [4.69, 9.17) is 14.5 Å². The van der Waals surface area contributed by atoms with Crippen LogP contribution in [0.3, 0.4) is 0 Å². The van der Waals surface area contributed by atoms with Crippen LogP contribution in [0.15, 0.2) is 48.7 Å².